The highest BCUT2D eigenvalue weighted by Crippen LogP contribution is 2.47. The number of fused-ring (bicyclic) bond motifs is 8. The molecule has 2 heteroatoms. The van der Waals surface area contributed by atoms with E-state index >= 15 is 0 Å². The minimum Gasteiger partial charge on any atom is -0.309 e. The van der Waals surface area contributed by atoms with Crippen molar-refractivity contribution < 1.29 is 0 Å². The molecule has 13 rings (SSSR count). The number of hydrogen-bond donors (Lipinski definition) is 0. The number of para-hydroxylation sites is 3. The Morgan fingerprint density at radius 2 is 0.539 bits per heavy atom. The van der Waals surface area contributed by atoms with Gasteiger partial charge in [-0.2, -0.15) is 0 Å². The zero-order valence-electron chi connectivity index (χ0n) is 45.3. The van der Waals surface area contributed by atoms with Gasteiger partial charge < -0.3 is 9.13 Å². The molecule has 0 saturated heterocycles. The van der Waals surface area contributed by atoms with E-state index < -0.39 is 0 Å². The third-order valence-electron chi connectivity index (χ3n) is 16.2. The molecule has 0 fully saturated rings. The summed E-state index contributed by atoms with van der Waals surface area (Å²) >= 11 is 0. The van der Waals surface area contributed by atoms with Crippen LogP contribution >= 0.6 is 0 Å². The zero-order chi connectivity index (χ0) is 52.3. The van der Waals surface area contributed by atoms with Gasteiger partial charge in [-0.3, -0.25) is 0 Å². The molecule has 2 aromatic heterocycles. The molecule has 2 heterocycles. The van der Waals surface area contributed by atoms with Gasteiger partial charge in [0, 0.05) is 32.9 Å². The molecule has 0 unspecified atom stereocenters. The van der Waals surface area contributed by atoms with Crippen molar-refractivity contribution in [3.05, 3.63) is 241 Å². The fourth-order valence-electron chi connectivity index (χ4n) is 12.0. The van der Waals surface area contributed by atoms with E-state index in [0.717, 1.165) is 0 Å². The van der Waals surface area contributed by atoms with Crippen molar-refractivity contribution in [2.45, 2.75) is 78.6 Å². The van der Waals surface area contributed by atoms with Crippen LogP contribution in [0.25, 0.3) is 121 Å². The van der Waals surface area contributed by atoms with Crippen molar-refractivity contribution in [3.8, 4) is 55.9 Å². The molecule has 2 nitrogen and oxygen atoms in total. The summed E-state index contributed by atoms with van der Waals surface area (Å²) in [5, 5.41) is 10.2. The van der Waals surface area contributed by atoms with Gasteiger partial charge >= 0.3 is 0 Å². The van der Waals surface area contributed by atoms with E-state index in [1.165, 1.54) is 138 Å². The van der Waals surface area contributed by atoms with Crippen molar-refractivity contribution in [2.24, 2.45) is 0 Å². The Hall–Kier alpha value is -8.46. The van der Waals surface area contributed by atoms with E-state index in [-0.39, 0.29) is 16.2 Å². The van der Waals surface area contributed by atoms with Gasteiger partial charge in [-0.1, -0.05) is 208 Å². The molecule has 0 atom stereocenters. The Labute approximate surface area is 447 Å². The van der Waals surface area contributed by atoms with Crippen LogP contribution in [-0.2, 0) is 16.2 Å². The van der Waals surface area contributed by atoms with Crippen LogP contribution in [0, 0.1) is 0 Å². The summed E-state index contributed by atoms with van der Waals surface area (Å²) in [5.41, 5.74) is 21.0. The van der Waals surface area contributed by atoms with Crippen LogP contribution in [0.3, 0.4) is 0 Å². The Bertz CT molecular complexity index is 4390. The smallest absolute Gasteiger partial charge is 0.0541 e. The minimum atomic E-state index is -0.0351. The second-order valence-corrected chi connectivity index (χ2v) is 24.2. The number of nitrogens with zero attached hydrogens (tertiary/aromatic N) is 2. The van der Waals surface area contributed by atoms with E-state index in [2.05, 4.69) is 296 Å². The van der Waals surface area contributed by atoms with Gasteiger partial charge in [0.25, 0.3) is 0 Å². The Kier molecular flexibility index (Phi) is 10.9. The summed E-state index contributed by atoms with van der Waals surface area (Å²) in [7, 11) is 0. The topological polar surface area (TPSA) is 9.86 Å². The summed E-state index contributed by atoms with van der Waals surface area (Å²) in [6, 6.07) is 84.6. The highest BCUT2D eigenvalue weighted by Gasteiger charge is 2.24. The first-order valence-corrected chi connectivity index (χ1v) is 27.1. The molecule has 0 radical (unpaired) electrons. The lowest BCUT2D eigenvalue weighted by molar-refractivity contribution is 0.590. The Morgan fingerprint density at radius 3 is 0.974 bits per heavy atom. The number of hydrogen-bond acceptors (Lipinski definition) is 0. The highest BCUT2D eigenvalue weighted by molar-refractivity contribution is 6.22. The Morgan fingerprint density at radius 1 is 0.224 bits per heavy atom. The second kappa shape index (κ2) is 17.6. The van der Waals surface area contributed by atoms with Crippen molar-refractivity contribution >= 4 is 65.2 Å². The Balaban J connectivity index is 0.956. The normalized spacial score (nSPS) is 12.5. The first-order valence-electron chi connectivity index (χ1n) is 27.1. The van der Waals surface area contributed by atoms with Gasteiger partial charge in [-0.05, 0) is 178 Å². The summed E-state index contributed by atoms with van der Waals surface area (Å²) < 4.78 is 4.81. The third kappa shape index (κ3) is 7.93. The molecule has 0 aliphatic heterocycles. The SMILES string of the molecule is CC(C)(C)c1ccc2c(-c3ccc(-c4ccc5c(c4)c4cc(C(C)(C)C)ccc4n5-c4ccccc4)cc3)c3cc(C(C)(C)C)ccc3c(-c3ccc(-c4ccc5c(c4)c4ccccc4n5-c4ccccc4)cc3)c2c1. The molecular formula is C74H64N2. The molecule has 13 aromatic rings. The fraction of sp³-hybridized carbons (Fsp3) is 0.162. The molecule has 0 spiro atoms. The van der Waals surface area contributed by atoms with Crippen molar-refractivity contribution in [3.63, 3.8) is 0 Å². The fourth-order valence-corrected chi connectivity index (χ4v) is 12.0. The maximum absolute atomic E-state index is 2.48. The zero-order valence-corrected chi connectivity index (χ0v) is 45.3. The molecule has 0 amide bonds. The van der Waals surface area contributed by atoms with E-state index in [1.807, 2.05) is 0 Å². The highest BCUT2D eigenvalue weighted by atomic mass is 15.0. The quantitative estimate of drug-likeness (QED) is 0.147. The summed E-state index contributed by atoms with van der Waals surface area (Å²) in [6.07, 6.45) is 0. The molecule has 0 aliphatic carbocycles. The van der Waals surface area contributed by atoms with Gasteiger partial charge in [0.15, 0.2) is 0 Å². The van der Waals surface area contributed by atoms with E-state index in [1.54, 1.807) is 0 Å². The molecule has 0 bridgehead atoms. The van der Waals surface area contributed by atoms with Gasteiger partial charge in [0.1, 0.15) is 0 Å². The van der Waals surface area contributed by atoms with Crippen LogP contribution in [0.2, 0.25) is 0 Å². The van der Waals surface area contributed by atoms with Crippen LogP contribution in [-0.4, -0.2) is 9.13 Å². The van der Waals surface area contributed by atoms with Gasteiger partial charge in [-0.15, -0.1) is 0 Å². The molecule has 0 aliphatic rings. The maximum Gasteiger partial charge on any atom is 0.0541 e. The van der Waals surface area contributed by atoms with E-state index in [9.17, 15) is 0 Å². The molecule has 0 saturated carbocycles. The van der Waals surface area contributed by atoms with Crippen LogP contribution in [0.5, 0.6) is 0 Å². The lowest BCUT2D eigenvalue weighted by atomic mass is 9.79. The maximum atomic E-state index is 2.48. The largest absolute Gasteiger partial charge is 0.309 e. The summed E-state index contributed by atoms with van der Waals surface area (Å²) in [6.45, 7) is 20.9. The van der Waals surface area contributed by atoms with Crippen molar-refractivity contribution in [1.82, 2.24) is 9.13 Å². The van der Waals surface area contributed by atoms with E-state index in [4.69, 9.17) is 0 Å². The molecule has 11 aromatic carbocycles. The standard InChI is InChI=1S/C74H64N2/c1-72(2,3)53-35-38-60-64(45-53)70(49-28-24-47(25-29-49)51-32-39-67-61(42-51)58-22-16-17-23-66(58)75(67)56-18-12-10-13-19-56)59-37-34-54(73(4,5)6)46-65(59)71(60)50-30-26-48(27-31-50)52-33-40-68-62(43-52)63-44-55(74(7,8)9)36-41-69(63)76(68)57-20-14-11-15-21-57/h10-46H,1-9H3. The monoisotopic (exact) mass is 981 g/mol. The third-order valence-corrected chi connectivity index (χ3v) is 16.2. The lowest BCUT2D eigenvalue weighted by Gasteiger charge is -2.25. The second-order valence-electron chi connectivity index (χ2n) is 24.2. The predicted molar refractivity (Wildman–Crippen MR) is 328 cm³/mol. The van der Waals surface area contributed by atoms with Gasteiger partial charge in [-0.25, -0.2) is 0 Å². The summed E-state index contributed by atoms with van der Waals surface area (Å²) in [4.78, 5) is 0. The number of benzene rings is 11. The predicted octanol–water partition coefficient (Wildman–Crippen LogP) is 20.7. The van der Waals surface area contributed by atoms with E-state index in [0.29, 0.717) is 0 Å². The first kappa shape index (κ1) is 47.3. The van der Waals surface area contributed by atoms with Gasteiger partial charge in [0.05, 0.1) is 22.1 Å². The summed E-state index contributed by atoms with van der Waals surface area (Å²) in [5.74, 6) is 0. The molecule has 76 heavy (non-hydrogen) atoms. The van der Waals surface area contributed by atoms with Crippen LogP contribution in [0.1, 0.15) is 79.0 Å². The average Bonchev–Trinajstić information content (AvgIpc) is 4.09. The number of rotatable bonds is 6. The van der Waals surface area contributed by atoms with Crippen molar-refractivity contribution in [1.29, 1.82) is 0 Å². The van der Waals surface area contributed by atoms with Crippen LogP contribution < -0.4 is 0 Å². The minimum absolute atomic E-state index is 0.0337. The van der Waals surface area contributed by atoms with Gasteiger partial charge in [0.2, 0.25) is 0 Å². The van der Waals surface area contributed by atoms with Crippen LogP contribution in [0.4, 0.5) is 0 Å². The average molecular weight is 981 g/mol. The van der Waals surface area contributed by atoms with Crippen molar-refractivity contribution in [2.75, 3.05) is 0 Å². The molecule has 0 N–H and O–H groups in total. The first-order chi connectivity index (χ1) is 36.6. The molecular weight excluding hydrogens is 917 g/mol. The van der Waals surface area contributed by atoms with Crippen LogP contribution in [0.15, 0.2) is 224 Å². The molecule has 370 valence electrons. The lowest BCUT2D eigenvalue weighted by Crippen LogP contribution is -2.11. The number of aromatic nitrogens is 2.